The van der Waals surface area contributed by atoms with Crippen molar-refractivity contribution in [1.29, 1.82) is 0 Å². The Kier molecular flexibility index (Phi) is 5.17. The summed E-state index contributed by atoms with van der Waals surface area (Å²) in [6, 6.07) is 12.8. The van der Waals surface area contributed by atoms with Crippen LogP contribution < -0.4 is 10.2 Å². The van der Waals surface area contributed by atoms with E-state index >= 15 is 0 Å². The highest BCUT2D eigenvalue weighted by Gasteiger charge is 2.28. The fraction of sp³-hybridized carbons (Fsp3) is 0.316. The number of aryl methyl sites for hydroxylation is 1. The minimum atomic E-state index is -0.417. The molecule has 1 amide bonds. The second-order valence-electron chi connectivity index (χ2n) is 6.34. The van der Waals surface area contributed by atoms with Crippen molar-refractivity contribution < 1.29 is 14.1 Å². The fourth-order valence-electron chi connectivity index (χ4n) is 3.43. The summed E-state index contributed by atoms with van der Waals surface area (Å²) in [5, 5.41) is 2.99. The Morgan fingerprint density at radius 1 is 1.33 bits per heavy atom. The highest BCUT2D eigenvalue weighted by molar-refractivity contribution is 6.33. The number of benzene rings is 2. The number of halogens is 2. The largest absolute Gasteiger partial charge is 0.323 e. The van der Waals surface area contributed by atoms with Gasteiger partial charge in [-0.1, -0.05) is 35.9 Å². The Bertz CT molecular complexity index is 750. The predicted octanol–water partition coefficient (Wildman–Crippen LogP) is 3.01. The van der Waals surface area contributed by atoms with E-state index in [1.54, 1.807) is 0 Å². The van der Waals surface area contributed by atoms with Crippen LogP contribution in [-0.2, 0) is 11.2 Å². The van der Waals surface area contributed by atoms with E-state index in [0.717, 1.165) is 24.2 Å². The first-order valence-corrected chi connectivity index (χ1v) is 8.57. The lowest BCUT2D eigenvalue weighted by molar-refractivity contribution is -0.905. The van der Waals surface area contributed by atoms with Crippen molar-refractivity contribution in [2.24, 2.45) is 0 Å². The molecular formula is C19H21ClFN2O+. The van der Waals surface area contributed by atoms with Gasteiger partial charge in [0, 0.05) is 12.0 Å². The lowest BCUT2D eigenvalue weighted by Crippen LogP contribution is -3.10. The normalized spacial score (nSPS) is 17.9. The molecule has 2 aromatic carbocycles. The highest BCUT2D eigenvalue weighted by atomic mass is 35.5. The Hall–Kier alpha value is -1.91. The third-order valence-corrected chi connectivity index (χ3v) is 4.92. The maximum Gasteiger partial charge on any atom is 0.279 e. The zero-order chi connectivity index (χ0) is 17.1. The van der Waals surface area contributed by atoms with Crippen molar-refractivity contribution in [3.63, 3.8) is 0 Å². The average molecular weight is 348 g/mol. The number of fused-ring (bicyclic) bond motifs is 1. The summed E-state index contributed by atoms with van der Waals surface area (Å²) in [5.74, 6) is -0.538. The molecule has 0 aromatic heterocycles. The molecule has 0 fully saturated rings. The number of likely N-dealkylation sites (N-methyl/N-ethyl adjacent to an activating group) is 1. The summed E-state index contributed by atoms with van der Waals surface area (Å²) in [4.78, 5) is 13.5. The molecule has 0 saturated heterocycles. The van der Waals surface area contributed by atoms with Crippen LogP contribution in [0.3, 0.4) is 0 Å². The maximum atomic E-state index is 13.1. The highest BCUT2D eigenvalue weighted by Crippen LogP contribution is 2.27. The molecule has 0 spiro atoms. The van der Waals surface area contributed by atoms with Crippen LogP contribution in [0.25, 0.3) is 0 Å². The van der Waals surface area contributed by atoms with Gasteiger partial charge in [-0.15, -0.1) is 0 Å². The first kappa shape index (κ1) is 16.9. The molecule has 3 rings (SSSR count). The van der Waals surface area contributed by atoms with Gasteiger partial charge in [0.05, 0.1) is 17.8 Å². The molecule has 1 aliphatic rings. The van der Waals surface area contributed by atoms with E-state index in [4.69, 9.17) is 11.6 Å². The number of quaternary nitrogens is 1. The average Bonchev–Trinajstić information content (AvgIpc) is 2.57. The van der Waals surface area contributed by atoms with Gasteiger partial charge in [0.2, 0.25) is 0 Å². The monoisotopic (exact) mass is 347 g/mol. The summed E-state index contributed by atoms with van der Waals surface area (Å²) in [5.41, 5.74) is 3.17. The third-order valence-electron chi connectivity index (χ3n) is 4.61. The molecule has 1 aliphatic carbocycles. The number of rotatable bonds is 4. The molecule has 0 bridgehead atoms. The van der Waals surface area contributed by atoms with Crippen LogP contribution in [-0.4, -0.2) is 19.5 Å². The molecule has 2 atom stereocenters. The summed E-state index contributed by atoms with van der Waals surface area (Å²) in [7, 11) is 2.04. The molecule has 2 aromatic rings. The fourth-order valence-corrected chi connectivity index (χ4v) is 3.64. The van der Waals surface area contributed by atoms with E-state index in [-0.39, 0.29) is 10.9 Å². The first-order valence-electron chi connectivity index (χ1n) is 8.19. The molecule has 24 heavy (non-hydrogen) atoms. The van der Waals surface area contributed by atoms with Gasteiger partial charge in [0.1, 0.15) is 11.9 Å². The summed E-state index contributed by atoms with van der Waals surface area (Å²) in [6.45, 7) is 0.340. The smallest absolute Gasteiger partial charge is 0.279 e. The maximum absolute atomic E-state index is 13.1. The van der Waals surface area contributed by atoms with Crippen molar-refractivity contribution in [2.45, 2.75) is 25.3 Å². The lowest BCUT2D eigenvalue weighted by Gasteiger charge is -2.30. The number of hydrogen-bond donors (Lipinski definition) is 2. The second-order valence-corrected chi connectivity index (χ2v) is 6.75. The van der Waals surface area contributed by atoms with Crippen LogP contribution in [0, 0.1) is 5.82 Å². The third kappa shape index (κ3) is 3.77. The molecule has 3 nitrogen and oxygen atoms in total. The second kappa shape index (κ2) is 7.32. The topological polar surface area (TPSA) is 33.5 Å². The summed E-state index contributed by atoms with van der Waals surface area (Å²) < 4.78 is 13.1. The van der Waals surface area contributed by atoms with E-state index in [2.05, 4.69) is 29.6 Å². The molecule has 2 N–H and O–H groups in total. The number of anilines is 1. The minimum absolute atomic E-state index is 0.121. The van der Waals surface area contributed by atoms with Crippen molar-refractivity contribution in [3.8, 4) is 0 Å². The molecule has 0 radical (unpaired) electrons. The molecule has 1 unspecified atom stereocenters. The standard InChI is InChI=1S/C19H20ClFN2O/c1-23(18-8-4-6-13-5-2-3-7-15(13)18)12-19(24)22-17-10-9-14(21)11-16(17)20/h2-3,5,7,9-11,18H,4,6,8,12H2,1H3,(H,22,24)/p+1/t18-/m0/s1. The number of carbonyl (C=O) groups is 1. The Morgan fingerprint density at radius 2 is 2.12 bits per heavy atom. The first-order chi connectivity index (χ1) is 11.5. The van der Waals surface area contributed by atoms with Crippen LogP contribution in [0.15, 0.2) is 42.5 Å². The number of nitrogens with one attached hydrogen (secondary N) is 2. The van der Waals surface area contributed by atoms with Gasteiger partial charge in [-0.25, -0.2) is 4.39 Å². The van der Waals surface area contributed by atoms with Gasteiger partial charge >= 0.3 is 0 Å². The summed E-state index contributed by atoms with van der Waals surface area (Å²) >= 11 is 5.96. The zero-order valence-corrected chi connectivity index (χ0v) is 14.4. The van der Waals surface area contributed by atoms with Gasteiger partial charge in [0.25, 0.3) is 5.91 Å². The molecular weight excluding hydrogens is 327 g/mol. The van der Waals surface area contributed by atoms with Gasteiger partial charge < -0.3 is 10.2 Å². The van der Waals surface area contributed by atoms with Crippen molar-refractivity contribution in [3.05, 3.63) is 64.4 Å². The van der Waals surface area contributed by atoms with Crippen LogP contribution in [0.2, 0.25) is 5.02 Å². The van der Waals surface area contributed by atoms with Crippen LogP contribution >= 0.6 is 11.6 Å². The Labute approximate surface area is 146 Å². The van der Waals surface area contributed by atoms with Gasteiger partial charge in [-0.3, -0.25) is 4.79 Å². The van der Waals surface area contributed by atoms with Crippen LogP contribution in [0.5, 0.6) is 0 Å². The molecule has 0 heterocycles. The van der Waals surface area contributed by atoms with Crippen LogP contribution in [0.1, 0.15) is 30.0 Å². The summed E-state index contributed by atoms with van der Waals surface area (Å²) in [6.07, 6.45) is 3.33. The Morgan fingerprint density at radius 3 is 2.92 bits per heavy atom. The molecule has 5 heteroatoms. The number of amides is 1. The SMILES string of the molecule is C[NH+](CC(=O)Nc1ccc(F)cc1Cl)[C@H]1CCCc2ccccc21. The Balaban J connectivity index is 1.67. The van der Waals surface area contributed by atoms with E-state index in [1.807, 2.05) is 7.05 Å². The van der Waals surface area contributed by atoms with E-state index in [0.29, 0.717) is 18.3 Å². The van der Waals surface area contributed by atoms with E-state index in [1.165, 1.54) is 29.3 Å². The van der Waals surface area contributed by atoms with E-state index in [9.17, 15) is 9.18 Å². The van der Waals surface area contributed by atoms with Crippen molar-refractivity contribution in [2.75, 3.05) is 18.9 Å². The van der Waals surface area contributed by atoms with Gasteiger partial charge in [-0.05, 0) is 36.6 Å². The van der Waals surface area contributed by atoms with Crippen LogP contribution in [0.4, 0.5) is 10.1 Å². The minimum Gasteiger partial charge on any atom is -0.323 e. The zero-order valence-electron chi connectivity index (χ0n) is 13.6. The molecule has 126 valence electrons. The van der Waals surface area contributed by atoms with Crippen molar-refractivity contribution in [1.82, 2.24) is 0 Å². The lowest BCUT2D eigenvalue weighted by atomic mass is 9.87. The van der Waals surface area contributed by atoms with Crippen molar-refractivity contribution >= 4 is 23.2 Å². The quantitative estimate of drug-likeness (QED) is 0.875. The van der Waals surface area contributed by atoms with Gasteiger partial charge in [-0.2, -0.15) is 0 Å². The molecule has 0 aliphatic heterocycles. The molecule has 0 saturated carbocycles. The number of carbonyl (C=O) groups excluding carboxylic acids is 1. The predicted molar refractivity (Wildman–Crippen MR) is 93.9 cm³/mol. The van der Waals surface area contributed by atoms with Gasteiger partial charge in [0.15, 0.2) is 6.54 Å². The van der Waals surface area contributed by atoms with E-state index < -0.39 is 5.82 Å². The number of hydrogen-bond acceptors (Lipinski definition) is 1.